The van der Waals surface area contributed by atoms with E-state index >= 15 is 0 Å². The molecule has 2 N–H and O–H groups in total. The van der Waals surface area contributed by atoms with E-state index in [2.05, 4.69) is 29.9 Å². The first-order chi connectivity index (χ1) is 8.69. The molecule has 0 bridgehead atoms. The van der Waals surface area contributed by atoms with Gasteiger partial charge in [0.2, 0.25) is 0 Å². The van der Waals surface area contributed by atoms with Crippen LogP contribution in [0.25, 0.3) is 0 Å². The van der Waals surface area contributed by atoms with Gasteiger partial charge in [0.1, 0.15) is 5.03 Å². The lowest BCUT2D eigenvalue weighted by Gasteiger charge is -2.10. The van der Waals surface area contributed by atoms with E-state index in [0.29, 0.717) is 0 Å². The molecule has 5 heteroatoms. The normalized spacial score (nSPS) is 12.6. The molecule has 0 amide bonds. The van der Waals surface area contributed by atoms with Crippen LogP contribution in [0.15, 0.2) is 33.2 Å². The van der Waals surface area contributed by atoms with Crippen molar-refractivity contribution in [2.24, 2.45) is 5.73 Å². The maximum absolute atomic E-state index is 5.96. The summed E-state index contributed by atoms with van der Waals surface area (Å²) in [6.45, 7) is 4.20. The fourth-order valence-corrected chi connectivity index (χ4v) is 3.19. The summed E-state index contributed by atoms with van der Waals surface area (Å²) in [5.74, 6) is 0. The molecule has 1 unspecified atom stereocenters. The molecule has 0 aliphatic carbocycles. The van der Waals surface area contributed by atoms with Gasteiger partial charge >= 0.3 is 0 Å². The zero-order valence-electron chi connectivity index (χ0n) is 10.6. The number of pyridine rings is 1. The number of nitrogens with two attached hydrogens (primary N) is 1. The Balaban J connectivity index is 2.10. The Kier molecular flexibility index (Phi) is 4.74. The lowest BCUT2D eigenvalue weighted by Crippen LogP contribution is -2.21. The number of hydrogen-bond acceptors (Lipinski definition) is 5. The summed E-state index contributed by atoms with van der Waals surface area (Å²) in [5, 5.41) is 3.01. The van der Waals surface area contributed by atoms with Gasteiger partial charge in [0, 0.05) is 23.8 Å². The van der Waals surface area contributed by atoms with Crippen molar-refractivity contribution in [1.29, 1.82) is 0 Å². The quantitative estimate of drug-likeness (QED) is 0.912. The molecular formula is C13H17N3S2. The summed E-state index contributed by atoms with van der Waals surface area (Å²) in [4.78, 5) is 8.77. The van der Waals surface area contributed by atoms with Crippen molar-refractivity contribution in [2.75, 3.05) is 0 Å². The summed E-state index contributed by atoms with van der Waals surface area (Å²) in [6, 6.07) is 2.40. The van der Waals surface area contributed by atoms with Gasteiger partial charge in [-0.25, -0.2) is 9.97 Å². The second kappa shape index (κ2) is 6.31. The average molecular weight is 279 g/mol. The third-order valence-corrected chi connectivity index (χ3v) is 4.71. The van der Waals surface area contributed by atoms with Crippen molar-refractivity contribution < 1.29 is 0 Å². The van der Waals surface area contributed by atoms with Crippen LogP contribution < -0.4 is 5.73 Å². The summed E-state index contributed by atoms with van der Waals surface area (Å²) < 4.78 is 1.03. The highest BCUT2D eigenvalue weighted by atomic mass is 32.2. The highest BCUT2D eigenvalue weighted by molar-refractivity contribution is 8.01. The standard InChI is InChI=1S/C13H17N3S2/c1-3-11(14)7-10-6-9(2)12(16-8-10)18-13-15-4-5-17-13/h4-6,8,11H,3,7,14H2,1-2H3. The number of thiazole rings is 1. The van der Waals surface area contributed by atoms with Gasteiger partial charge in [-0.15, -0.1) is 11.3 Å². The average Bonchev–Trinajstić information content (AvgIpc) is 2.85. The Morgan fingerprint density at radius 1 is 1.44 bits per heavy atom. The molecule has 0 aliphatic heterocycles. The van der Waals surface area contributed by atoms with Crippen LogP contribution in [0.4, 0.5) is 0 Å². The van der Waals surface area contributed by atoms with Gasteiger partial charge in [-0.2, -0.15) is 0 Å². The molecule has 2 aromatic rings. The highest BCUT2D eigenvalue weighted by Crippen LogP contribution is 2.30. The third kappa shape index (κ3) is 3.54. The van der Waals surface area contributed by atoms with Crippen molar-refractivity contribution in [3.05, 3.63) is 35.0 Å². The fraction of sp³-hybridized carbons (Fsp3) is 0.385. The maximum atomic E-state index is 5.96. The summed E-state index contributed by atoms with van der Waals surface area (Å²) in [6.07, 6.45) is 5.64. The molecule has 0 fully saturated rings. The molecule has 0 aliphatic rings. The third-order valence-electron chi connectivity index (χ3n) is 2.70. The Morgan fingerprint density at radius 3 is 2.89 bits per heavy atom. The zero-order valence-corrected chi connectivity index (χ0v) is 12.2. The molecule has 18 heavy (non-hydrogen) atoms. The Bertz CT molecular complexity index is 497. The van der Waals surface area contributed by atoms with Crippen LogP contribution in [0.5, 0.6) is 0 Å². The minimum absolute atomic E-state index is 0.226. The Labute approximate surface area is 116 Å². The largest absolute Gasteiger partial charge is 0.327 e. The molecule has 96 valence electrons. The lowest BCUT2D eigenvalue weighted by atomic mass is 10.1. The van der Waals surface area contributed by atoms with Crippen LogP contribution in [0.2, 0.25) is 0 Å². The van der Waals surface area contributed by atoms with E-state index in [1.54, 1.807) is 23.1 Å². The van der Waals surface area contributed by atoms with E-state index in [9.17, 15) is 0 Å². The smallest absolute Gasteiger partial charge is 0.156 e. The van der Waals surface area contributed by atoms with Crippen LogP contribution in [0.1, 0.15) is 24.5 Å². The van der Waals surface area contributed by atoms with Crippen LogP contribution in [0.3, 0.4) is 0 Å². The zero-order chi connectivity index (χ0) is 13.0. The van der Waals surface area contributed by atoms with Crippen LogP contribution in [-0.2, 0) is 6.42 Å². The highest BCUT2D eigenvalue weighted by Gasteiger charge is 2.07. The van der Waals surface area contributed by atoms with E-state index in [-0.39, 0.29) is 6.04 Å². The van der Waals surface area contributed by atoms with Gasteiger partial charge < -0.3 is 5.73 Å². The van der Waals surface area contributed by atoms with E-state index in [1.807, 2.05) is 17.8 Å². The molecule has 2 aromatic heterocycles. The molecule has 0 saturated heterocycles. The summed E-state index contributed by atoms with van der Waals surface area (Å²) >= 11 is 3.26. The first kappa shape index (κ1) is 13.5. The van der Waals surface area contributed by atoms with Crippen molar-refractivity contribution in [2.45, 2.75) is 42.1 Å². The summed E-state index contributed by atoms with van der Waals surface area (Å²) in [7, 11) is 0. The molecule has 0 spiro atoms. The molecule has 1 atom stereocenters. The molecular weight excluding hydrogens is 262 g/mol. The van der Waals surface area contributed by atoms with Gasteiger partial charge in [-0.1, -0.05) is 13.0 Å². The lowest BCUT2D eigenvalue weighted by molar-refractivity contribution is 0.644. The monoisotopic (exact) mass is 279 g/mol. The fourth-order valence-electron chi connectivity index (χ4n) is 1.63. The number of aromatic nitrogens is 2. The molecule has 2 rings (SSSR count). The Morgan fingerprint density at radius 2 is 2.28 bits per heavy atom. The van der Waals surface area contributed by atoms with Crippen molar-refractivity contribution in [1.82, 2.24) is 9.97 Å². The molecule has 0 radical (unpaired) electrons. The molecule has 3 nitrogen and oxygen atoms in total. The SMILES string of the molecule is CCC(N)Cc1cnc(Sc2nccs2)c(C)c1. The van der Waals surface area contributed by atoms with Gasteiger partial charge in [0.25, 0.3) is 0 Å². The maximum Gasteiger partial charge on any atom is 0.156 e. The minimum atomic E-state index is 0.226. The topological polar surface area (TPSA) is 51.8 Å². The van der Waals surface area contributed by atoms with Crippen LogP contribution in [0, 0.1) is 6.92 Å². The second-order valence-electron chi connectivity index (χ2n) is 4.24. The van der Waals surface area contributed by atoms with E-state index < -0.39 is 0 Å². The van der Waals surface area contributed by atoms with Crippen LogP contribution in [-0.4, -0.2) is 16.0 Å². The van der Waals surface area contributed by atoms with E-state index in [4.69, 9.17) is 5.73 Å². The summed E-state index contributed by atoms with van der Waals surface area (Å²) in [5.41, 5.74) is 8.37. The number of aryl methyl sites for hydroxylation is 1. The number of hydrogen-bond donors (Lipinski definition) is 1. The van der Waals surface area contributed by atoms with Gasteiger partial charge in [-0.05, 0) is 42.7 Å². The molecule has 0 aromatic carbocycles. The molecule has 0 saturated carbocycles. The van der Waals surface area contributed by atoms with Gasteiger partial charge in [0.05, 0.1) is 0 Å². The predicted octanol–water partition coefficient (Wildman–Crippen LogP) is 3.28. The van der Waals surface area contributed by atoms with E-state index in [1.165, 1.54) is 11.1 Å². The minimum Gasteiger partial charge on any atom is -0.327 e. The second-order valence-corrected chi connectivity index (χ2v) is 6.37. The number of nitrogens with zero attached hydrogens (tertiary/aromatic N) is 2. The van der Waals surface area contributed by atoms with Crippen molar-refractivity contribution in [3.63, 3.8) is 0 Å². The van der Waals surface area contributed by atoms with Gasteiger partial charge in [0.15, 0.2) is 4.34 Å². The molecule has 2 heterocycles. The Hall–Kier alpha value is -0.910. The van der Waals surface area contributed by atoms with Crippen molar-refractivity contribution >= 4 is 23.1 Å². The number of rotatable bonds is 5. The first-order valence-corrected chi connectivity index (χ1v) is 7.67. The van der Waals surface area contributed by atoms with Crippen molar-refractivity contribution in [3.8, 4) is 0 Å². The van der Waals surface area contributed by atoms with Crippen LogP contribution >= 0.6 is 23.1 Å². The van der Waals surface area contributed by atoms with E-state index in [0.717, 1.165) is 22.2 Å². The predicted molar refractivity (Wildman–Crippen MR) is 77.2 cm³/mol. The van der Waals surface area contributed by atoms with Gasteiger partial charge in [-0.3, -0.25) is 0 Å². The first-order valence-electron chi connectivity index (χ1n) is 5.97.